The molecule has 8 heteroatoms. The average molecular weight is 446 g/mol. The molecule has 5 rings (SSSR count). The van der Waals surface area contributed by atoms with Gasteiger partial charge in [0.2, 0.25) is 15.7 Å². The number of carbonyl (C=O) groups is 3. The van der Waals surface area contributed by atoms with Crippen molar-refractivity contribution in [3.05, 3.63) is 83.4 Å². The van der Waals surface area contributed by atoms with Crippen molar-refractivity contribution < 1.29 is 22.8 Å². The van der Waals surface area contributed by atoms with Crippen LogP contribution in [0.5, 0.6) is 0 Å². The Morgan fingerprint density at radius 3 is 2.38 bits per heavy atom. The van der Waals surface area contributed by atoms with Gasteiger partial charge in [-0.1, -0.05) is 24.3 Å². The zero-order valence-corrected chi connectivity index (χ0v) is 17.7. The molecule has 1 fully saturated rings. The van der Waals surface area contributed by atoms with Gasteiger partial charge in [-0.25, -0.2) is 8.42 Å². The molecule has 3 aromatic rings. The fraction of sp³-hybridized carbons (Fsp3) is 0.125. The molecule has 0 unspecified atom stereocenters. The van der Waals surface area contributed by atoms with Crippen molar-refractivity contribution in [2.24, 2.45) is 0 Å². The van der Waals surface area contributed by atoms with Crippen LogP contribution in [0.2, 0.25) is 0 Å². The summed E-state index contributed by atoms with van der Waals surface area (Å²) in [5.41, 5.74) is 1.32. The topological polar surface area (TPSA) is 101 Å². The highest BCUT2D eigenvalue weighted by Gasteiger charge is 2.35. The second-order valence-electron chi connectivity index (χ2n) is 7.66. The zero-order chi connectivity index (χ0) is 22.5. The number of benzene rings is 3. The summed E-state index contributed by atoms with van der Waals surface area (Å²) in [6.45, 7) is 0.574. The Hall–Kier alpha value is -3.78. The first-order chi connectivity index (χ1) is 15.4. The second-order valence-corrected chi connectivity index (χ2v) is 9.55. The van der Waals surface area contributed by atoms with Crippen molar-refractivity contribution in [1.82, 2.24) is 0 Å². The van der Waals surface area contributed by atoms with Crippen LogP contribution in [0.25, 0.3) is 0 Å². The molecule has 2 aliphatic heterocycles. The van der Waals surface area contributed by atoms with E-state index in [4.69, 9.17) is 0 Å². The Balaban J connectivity index is 1.51. The molecule has 0 aliphatic carbocycles. The molecule has 7 nitrogen and oxygen atoms in total. The maximum Gasteiger partial charge on any atom is 0.255 e. The van der Waals surface area contributed by atoms with Crippen LogP contribution in [-0.4, -0.2) is 32.6 Å². The number of nitrogens with one attached hydrogen (secondary N) is 1. The molecule has 0 atom stereocenters. The first-order valence-corrected chi connectivity index (χ1v) is 11.6. The van der Waals surface area contributed by atoms with Gasteiger partial charge in [0.05, 0.1) is 21.2 Å². The Morgan fingerprint density at radius 2 is 1.59 bits per heavy atom. The van der Waals surface area contributed by atoms with Gasteiger partial charge < -0.3 is 10.2 Å². The fourth-order valence-corrected chi connectivity index (χ4v) is 5.81. The van der Waals surface area contributed by atoms with Gasteiger partial charge >= 0.3 is 0 Å². The fourth-order valence-electron chi connectivity index (χ4n) is 4.14. The highest BCUT2D eigenvalue weighted by Crippen LogP contribution is 2.35. The normalized spacial score (nSPS) is 16.4. The number of anilines is 2. The molecule has 0 aromatic heterocycles. The van der Waals surface area contributed by atoms with E-state index in [0.29, 0.717) is 24.3 Å². The van der Waals surface area contributed by atoms with E-state index in [9.17, 15) is 22.8 Å². The van der Waals surface area contributed by atoms with Crippen LogP contribution in [0.3, 0.4) is 0 Å². The van der Waals surface area contributed by atoms with Crippen molar-refractivity contribution in [3.63, 3.8) is 0 Å². The standard InChI is InChI=1S/C24H18N2O5S/c27-22-10-5-13-26(22)19-8-3-2-7-18(19)25-24(29)15-11-12-17-21(14-15)32(30,31)20-9-4-1-6-16(20)23(17)28/h1-4,6-9,11-12,14H,5,10,13H2,(H,25,29). The number of hydrogen-bond donors (Lipinski definition) is 1. The number of nitrogens with zero attached hydrogens (tertiary/aromatic N) is 1. The number of fused-ring (bicyclic) bond motifs is 2. The summed E-state index contributed by atoms with van der Waals surface area (Å²) in [7, 11) is -3.95. The van der Waals surface area contributed by atoms with Crippen LogP contribution >= 0.6 is 0 Å². The molecular weight excluding hydrogens is 428 g/mol. The highest BCUT2D eigenvalue weighted by atomic mass is 32.2. The van der Waals surface area contributed by atoms with E-state index in [0.717, 1.165) is 6.42 Å². The molecule has 32 heavy (non-hydrogen) atoms. The van der Waals surface area contributed by atoms with Gasteiger partial charge in [0.15, 0.2) is 5.78 Å². The lowest BCUT2D eigenvalue weighted by Crippen LogP contribution is -2.26. The summed E-state index contributed by atoms with van der Waals surface area (Å²) in [5.74, 6) is -0.938. The summed E-state index contributed by atoms with van der Waals surface area (Å²) >= 11 is 0. The number of ketones is 1. The minimum atomic E-state index is -3.95. The van der Waals surface area contributed by atoms with Gasteiger partial charge in [0, 0.05) is 29.7 Å². The monoisotopic (exact) mass is 446 g/mol. The minimum absolute atomic E-state index is 0.0104. The summed E-state index contributed by atoms with van der Waals surface area (Å²) in [6, 6.07) is 17.0. The van der Waals surface area contributed by atoms with Gasteiger partial charge in [-0.05, 0) is 48.9 Å². The van der Waals surface area contributed by atoms with E-state index in [1.54, 1.807) is 41.3 Å². The third-order valence-corrected chi connectivity index (χ3v) is 7.57. The molecule has 1 N–H and O–H groups in total. The van der Waals surface area contributed by atoms with Crippen LogP contribution in [0.1, 0.15) is 39.1 Å². The van der Waals surface area contributed by atoms with E-state index in [-0.39, 0.29) is 32.4 Å². The van der Waals surface area contributed by atoms with E-state index >= 15 is 0 Å². The average Bonchev–Trinajstić information content (AvgIpc) is 3.23. The smallest absolute Gasteiger partial charge is 0.255 e. The molecule has 2 heterocycles. The minimum Gasteiger partial charge on any atom is -0.320 e. The van der Waals surface area contributed by atoms with Gasteiger partial charge in [0.1, 0.15) is 0 Å². The lowest BCUT2D eigenvalue weighted by Gasteiger charge is -2.21. The van der Waals surface area contributed by atoms with E-state index < -0.39 is 21.5 Å². The number of para-hydroxylation sites is 2. The first-order valence-electron chi connectivity index (χ1n) is 10.1. The lowest BCUT2D eigenvalue weighted by molar-refractivity contribution is -0.117. The Labute approximate surface area is 184 Å². The largest absolute Gasteiger partial charge is 0.320 e. The van der Waals surface area contributed by atoms with Gasteiger partial charge in [-0.2, -0.15) is 0 Å². The maximum atomic E-state index is 13.1. The lowest BCUT2D eigenvalue weighted by atomic mass is 10.0. The molecule has 2 amide bonds. The van der Waals surface area contributed by atoms with Crippen molar-refractivity contribution in [2.75, 3.05) is 16.8 Å². The second kappa shape index (κ2) is 7.42. The molecular formula is C24H18N2O5S. The number of amides is 2. The summed E-state index contributed by atoms with van der Waals surface area (Å²) in [4.78, 5) is 39.3. The van der Waals surface area contributed by atoms with Gasteiger partial charge in [-0.15, -0.1) is 0 Å². The highest BCUT2D eigenvalue weighted by molar-refractivity contribution is 7.91. The third-order valence-electron chi connectivity index (χ3n) is 5.72. The molecule has 0 saturated carbocycles. The van der Waals surface area contributed by atoms with E-state index in [1.165, 1.54) is 30.3 Å². The molecule has 2 aliphatic rings. The Morgan fingerprint density at radius 1 is 0.875 bits per heavy atom. The van der Waals surface area contributed by atoms with Crippen molar-refractivity contribution in [3.8, 4) is 0 Å². The Kier molecular flexibility index (Phi) is 4.67. The van der Waals surface area contributed by atoms with Crippen molar-refractivity contribution in [1.29, 1.82) is 0 Å². The quantitative estimate of drug-likeness (QED) is 0.520. The summed E-state index contributed by atoms with van der Waals surface area (Å²) < 4.78 is 26.2. The summed E-state index contributed by atoms with van der Waals surface area (Å²) in [5, 5.41) is 2.78. The molecule has 3 aromatic carbocycles. The van der Waals surface area contributed by atoms with Crippen LogP contribution in [0, 0.1) is 0 Å². The molecule has 0 bridgehead atoms. The van der Waals surface area contributed by atoms with Crippen LogP contribution < -0.4 is 10.2 Å². The molecule has 0 spiro atoms. The van der Waals surface area contributed by atoms with Crippen molar-refractivity contribution >= 4 is 38.8 Å². The van der Waals surface area contributed by atoms with Crippen LogP contribution in [0.15, 0.2) is 76.5 Å². The molecule has 1 saturated heterocycles. The van der Waals surface area contributed by atoms with Crippen molar-refractivity contribution in [2.45, 2.75) is 22.6 Å². The first kappa shape index (κ1) is 20.1. The van der Waals surface area contributed by atoms with E-state index in [2.05, 4.69) is 5.32 Å². The molecule has 0 radical (unpaired) electrons. The van der Waals surface area contributed by atoms with Gasteiger partial charge in [-0.3, -0.25) is 14.4 Å². The maximum absolute atomic E-state index is 13.1. The Bertz CT molecular complexity index is 1410. The number of rotatable bonds is 3. The SMILES string of the molecule is O=C(Nc1ccccc1N1CCCC1=O)c1ccc2c(c1)S(=O)(=O)c1ccccc1C2=O. The van der Waals surface area contributed by atoms with Crippen LogP contribution in [-0.2, 0) is 14.6 Å². The number of sulfone groups is 1. The predicted molar refractivity (Wildman–Crippen MR) is 118 cm³/mol. The summed E-state index contributed by atoms with van der Waals surface area (Å²) in [6.07, 6.45) is 1.21. The zero-order valence-electron chi connectivity index (χ0n) is 16.9. The predicted octanol–water partition coefficient (Wildman–Crippen LogP) is 3.44. The van der Waals surface area contributed by atoms with Crippen LogP contribution in [0.4, 0.5) is 11.4 Å². The number of hydrogen-bond acceptors (Lipinski definition) is 5. The van der Waals surface area contributed by atoms with Gasteiger partial charge in [0.25, 0.3) is 5.91 Å². The third kappa shape index (κ3) is 3.11. The molecule has 160 valence electrons. The van der Waals surface area contributed by atoms with E-state index in [1.807, 2.05) is 0 Å². The number of carbonyl (C=O) groups excluding carboxylic acids is 3.